The number of benzene rings is 1. The summed E-state index contributed by atoms with van der Waals surface area (Å²) in [6.07, 6.45) is 0. The van der Waals surface area contributed by atoms with Crippen LogP contribution in [-0.2, 0) is 4.74 Å². The second kappa shape index (κ2) is 6.05. The summed E-state index contributed by atoms with van der Waals surface area (Å²) in [7, 11) is 0. The first-order chi connectivity index (χ1) is 9.95. The Kier molecular flexibility index (Phi) is 4.37. The Morgan fingerprint density at radius 3 is 2.43 bits per heavy atom. The fraction of sp³-hybridized carbons (Fsp3) is 0.267. The molecule has 0 unspecified atom stereocenters. The average molecular weight is 305 g/mol. The lowest BCUT2D eigenvalue weighted by Crippen LogP contribution is -2.06. The number of aryl methyl sites for hydroxylation is 1. The Hall–Kier alpha value is -2.21. The molecule has 5 nitrogen and oxygen atoms in total. The zero-order valence-corrected chi connectivity index (χ0v) is 12.8. The summed E-state index contributed by atoms with van der Waals surface area (Å²) in [5.41, 5.74) is 2.36. The molecule has 0 N–H and O–H groups in total. The predicted octanol–water partition coefficient (Wildman–Crippen LogP) is 4.12. The number of carbonyl (C=O) groups is 1. The van der Waals surface area contributed by atoms with Crippen LogP contribution in [0.2, 0.25) is 0 Å². The van der Waals surface area contributed by atoms with Crippen molar-refractivity contribution >= 4 is 23.0 Å². The third kappa shape index (κ3) is 2.95. The molecule has 0 amide bonds. The molecule has 0 aliphatic carbocycles. The van der Waals surface area contributed by atoms with E-state index in [4.69, 9.17) is 4.74 Å². The number of nitrogens with zero attached hydrogens (tertiary/aromatic N) is 1. The molecular weight excluding hydrogens is 290 g/mol. The highest BCUT2D eigenvalue weighted by atomic mass is 32.1. The van der Waals surface area contributed by atoms with Gasteiger partial charge in [-0.1, -0.05) is 0 Å². The summed E-state index contributed by atoms with van der Waals surface area (Å²) in [4.78, 5) is 24.0. The lowest BCUT2D eigenvalue weighted by atomic mass is 10.1. The fourth-order valence-corrected chi connectivity index (χ4v) is 3.32. The second-order valence-electron chi connectivity index (χ2n) is 4.51. The number of nitro benzene ring substituents is 1. The van der Waals surface area contributed by atoms with E-state index >= 15 is 0 Å². The quantitative estimate of drug-likeness (QED) is 0.484. The monoisotopic (exact) mass is 305 g/mol. The van der Waals surface area contributed by atoms with Crippen molar-refractivity contribution in [3.8, 4) is 10.4 Å². The van der Waals surface area contributed by atoms with E-state index in [0.717, 1.165) is 20.9 Å². The van der Waals surface area contributed by atoms with E-state index in [1.807, 2.05) is 13.8 Å². The summed E-state index contributed by atoms with van der Waals surface area (Å²) >= 11 is 1.49. The number of carbonyl (C=O) groups excluding carboxylic acids is 1. The van der Waals surface area contributed by atoms with Crippen LogP contribution >= 0.6 is 11.3 Å². The molecule has 6 heteroatoms. The molecule has 1 aromatic carbocycles. The zero-order chi connectivity index (χ0) is 15.6. The van der Waals surface area contributed by atoms with E-state index in [9.17, 15) is 14.9 Å². The van der Waals surface area contributed by atoms with Gasteiger partial charge in [0, 0.05) is 21.9 Å². The standard InChI is InChI=1S/C15H15NO4S/c1-4-20-15(17)13-9(2)14(21-10(13)3)11-5-7-12(8-6-11)16(18)19/h5-8H,4H2,1-3H3. The zero-order valence-electron chi connectivity index (χ0n) is 12.0. The second-order valence-corrected chi connectivity index (χ2v) is 5.74. The molecule has 0 aliphatic rings. The minimum atomic E-state index is -0.430. The molecule has 2 rings (SSSR count). The van der Waals surface area contributed by atoms with Crippen molar-refractivity contribution in [2.45, 2.75) is 20.8 Å². The van der Waals surface area contributed by atoms with E-state index in [0.29, 0.717) is 12.2 Å². The van der Waals surface area contributed by atoms with Gasteiger partial charge in [0.2, 0.25) is 0 Å². The van der Waals surface area contributed by atoms with Gasteiger partial charge < -0.3 is 4.74 Å². The topological polar surface area (TPSA) is 69.4 Å². The van der Waals surface area contributed by atoms with Crippen molar-refractivity contribution in [3.05, 3.63) is 50.4 Å². The summed E-state index contributed by atoms with van der Waals surface area (Å²) in [5.74, 6) is -0.322. The van der Waals surface area contributed by atoms with Gasteiger partial charge in [-0.15, -0.1) is 11.3 Å². The molecule has 2 aromatic rings. The molecule has 0 saturated carbocycles. The summed E-state index contributed by atoms with van der Waals surface area (Å²) in [6.45, 7) is 5.85. The molecule has 0 radical (unpaired) electrons. The number of non-ortho nitro benzene ring substituents is 1. The number of hydrogen-bond donors (Lipinski definition) is 0. The maximum Gasteiger partial charge on any atom is 0.339 e. The predicted molar refractivity (Wildman–Crippen MR) is 81.8 cm³/mol. The van der Waals surface area contributed by atoms with Crippen LogP contribution in [0.15, 0.2) is 24.3 Å². The summed E-state index contributed by atoms with van der Waals surface area (Å²) in [6, 6.07) is 6.33. The Bertz CT molecular complexity index is 688. The number of thiophene rings is 1. The normalized spacial score (nSPS) is 10.4. The maximum atomic E-state index is 12.0. The van der Waals surface area contributed by atoms with Gasteiger partial charge in [0.05, 0.1) is 17.1 Å². The first-order valence-electron chi connectivity index (χ1n) is 6.47. The van der Waals surface area contributed by atoms with Gasteiger partial charge >= 0.3 is 5.97 Å². The van der Waals surface area contributed by atoms with Crippen LogP contribution in [-0.4, -0.2) is 17.5 Å². The average Bonchev–Trinajstić information content (AvgIpc) is 2.74. The third-order valence-corrected chi connectivity index (χ3v) is 4.40. The van der Waals surface area contributed by atoms with E-state index < -0.39 is 4.92 Å². The van der Waals surface area contributed by atoms with E-state index in [1.165, 1.54) is 23.5 Å². The van der Waals surface area contributed by atoms with Crippen LogP contribution in [0.1, 0.15) is 27.7 Å². The molecule has 0 bridgehead atoms. The lowest BCUT2D eigenvalue weighted by Gasteiger charge is -2.03. The SMILES string of the molecule is CCOC(=O)c1c(C)sc(-c2ccc([N+](=O)[O-])cc2)c1C. The smallest absolute Gasteiger partial charge is 0.339 e. The number of rotatable bonds is 4. The number of nitro groups is 1. The lowest BCUT2D eigenvalue weighted by molar-refractivity contribution is -0.384. The van der Waals surface area contributed by atoms with Gasteiger partial charge in [-0.3, -0.25) is 10.1 Å². The summed E-state index contributed by atoms with van der Waals surface area (Å²) < 4.78 is 5.07. The van der Waals surface area contributed by atoms with Crippen molar-refractivity contribution < 1.29 is 14.5 Å². The number of esters is 1. The Morgan fingerprint density at radius 2 is 1.90 bits per heavy atom. The van der Waals surface area contributed by atoms with Crippen LogP contribution in [0.3, 0.4) is 0 Å². The first kappa shape index (κ1) is 15.2. The van der Waals surface area contributed by atoms with E-state index in [1.54, 1.807) is 19.1 Å². The van der Waals surface area contributed by atoms with Gasteiger partial charge in [0.25, 0.3) is 5.69 Å². The van der Waals surface area contributed by atoms with Gasteiger partial charge in [-0.05, 0) is 44.0 Å². The Balaban J connectivity index is 2.43. The number of ether oxygens (including phenoxy) is 1. The Morgan fingerprint density at radius 1 is 1.29 bits per heavy atom. The van der Waals surface area contributed by atoms with Crippen LogP contribution in [0, 0.1) is 24.0 Å². The van der Waals surface area contributed by atoms with Crippen LogP contribution in [0.4, 0.5) is 5.69 Å². The molecule has 0 saturated heterocycles. The van der Waals surface area contributed by atoms with Crippen molar-refractivity contribution in [3.63, 3.8) is 0 Å². The van der Waals surface area contributed by atoms with Crippen molar-refractivity contribution in [1.29, 1.82) is 0 Å². The molecule has 110 valence electrons. The first-order valence-corrected chi connectivity index (χ1v) is 7.29. The minimum absolute atomic E-state index is 0.0512. The minimum Gasteiger partial charge on any atom is -0.462 e. The molecular formula is C15H15NO4S. The van der Waals surface area contributed by atoms with Gasteiger partial charge in [0.1, 0.15) is 0 Å². The largest absolute Gasteiger partial charge is 0.462 e. The highest BCUT2D eigenvalue weighted by Crippen LogP contribution is 2.36. The summed E-state index contributed by atoms with van der Waals surface area (Å²) in [5, 5.41) is 10.7. The van der Waals surface area contributed by atoms with E-state index in [-0.39, 0.29) is 11.7 Å². The van der Waals surface area contributed by atoms with Crippen LogP contribution in [0.25, 0.3) is 10.4 Å². The molecule has 0 atom stereocenters. The van der Waals surface area contributed by atoms with Crippen LogP contribution in [0.5, 0.6) is 0 Å². The molecule has 0 aliphatic heterocycles. The molecule has 1 heterocycles. The third-order valence-electron chi connectivity index (χ3n) is 3.14. The molecule has 1 aromatic heterocycles. The molecule has 0 spiro atoms. The van der Waals surface area contributed by atoms with Crippen molar-refractivity contribution in [1.82, 2.24) is 0 Å². The maximum absolute atomic E-state index is 12.0. The highest BCUT2D eigenvalue weighted by Gasteiger charge is 2.20. The van der Waals surface area contributed by atoms with E-state index in [2.05, 4.69) is 0 Å². The number of hydrogen-bond acceptors (Lipinski definition) is 5. The van der Waals surface area contributed by atoms with Gasteiger partial charge in [-0.25, -0.2) is 4.79 Å². The van der Waals surface area contributed by atoms with Crippen molar-refractivity contribution in [2.24, 2.45) is 0 Å². The Labute approximate surface area is 126 Å². The van der Waals surface area contributed by atoms with Gasteiger partial charge in [-0.2, -0.15) is 0 Å². The van der Waals surface area contributed by atoms with Crippen molar-refractivity contribution in [2.75, 3.05) is 6.61 Å². The van der Waals surface area contributed by atoms with Crippen LogP contribution < -0.4 is 0 Å². The molecule has 0 fully saturated rings. The highest BCUT2D eigenvalue weighted by molar-refractivity contribution is 7.16. The molecule has 21 heavy (non-hydrogen) atoms. The van der Waals surface area contributed by atoms with Gasteiger partial charge in [0.15, 0.2) is 0 Å². The fourth-order valence-electron chi connectivity index (χ4n) is 2.17.